The molecular weight excluding hydrogens is 384 g/mol. The molecule has 2 aromatic heterocycles. The SMILES string of the molecule is COC(=O)c1c(OC2CCCC2)cc(=O)n2c1CCN(Cc1cnn(C)c1C)CC2. The van der Waals surface area contributed by atoms with E-state index in [1.54, 1.807) is 4.57 Å². The van der Waals surface area contributed by atoms with E-state index in [0.29, 0.717) is 30.0 Å². The van der Waals surface area contributed by atoms with Gasteiger partial charge in [0.05, 0.1) is 19.4 Å². The van der Waals surface area contributed by atoms with Gasteiger partial charge < -0.3 is 14.0 Å². The van der Waals surface area contributed by atoms with Crippen molar-refractivity contribution in [2.24, 2.45) is 7.05 Å². The van der Waals surface area contributed by atoms with Crippen LogP contribution in [0, 0.1) is 6.92 Å². The molecule has 1 aliphatic heterocycles. The van der Waals surface area contributed by atoms with Crippen molar-refractivity contribution in [3.8, 4) is 5.75 Å². The number of nitrogens with zero attached hydrogens (tertiary/aromatic N) is 4. The molecule has 0 unspecified atom stereocenters. The number of aryl methyl sites for hydroxylation is 1. The summed E-state index contributed by atoms with van der Waals surface area (Å²) in [6.45, 7) is 4.82. The molecule has 1 aliphatic carbocycles. The Morgan fingerprint density at radius 2 is 2.00 bits per heavy atom. The highest BCUT2D eigenvalue weighted by molar-refractivity contribution is 5.93. The van der Waals surface area contributed by atoms with Crippen LogP contribution in [0.4, 0.5) is 0 Å². The Kier molecular flexibility index (Phi) is 5.94. The molecule has 8 heteroatoms. The number of carbonyl (C=O) groups excluding carboxylic acids is 1. The third-order valence-corrected chi connectivity index (χ3v) is 6.40. The molecule has 0 spiro atoms. The summed E-state index contributed by atoms with van der Waals surface area (Å²) < 4.78 is 14.8. The van der Waals surface area contributed by atoms with Gasteiger partial charge >= 0.3 is 5.97 Å². The lowest BCUT2D eigenvalue weighted by molar-refractivity contribution is 0.0590. The average molecular weight is 415 g/mol. The predicted octanol–water partition coefficient (Wildman–Crippen LogP) is 2.06. The van der Waals surface area contributed by atoms with E-state index >= 15 is 0 Å². The molecule has 0 radical (unpaired) electrons. The van der Waals surface area contributed by atoms with E-state index in [-0.39, 0.29) is 11.7 Å². The molecule has 162 valence electrons. The quantitative estimate of drug-likeness (QED) is 0.697. The van der Waals surface area contributed by atoms with Crippen LogP contribution in [0.15, 0.2) is 17.1 Å². The summed E-state index contributed by atoms with van der Waals surface area (Å²) in [6.07, 6.45) is 6.68. The highest BCUT2D eigenvalue weighted by atomic mass is 16.5. The zero-order chi connectivity index (χ0) is 21.3. The summed E-state index contributed by atoms with van der Waals surface area (Å²) in [5, 5.41) is 4.32. The van der Waals surface area contributed by atoms with Crippen molar-refractivity contribution in [3.05, 3.63) is 45.1 Å². The first-order valence-electron chi connectivity index (χ1n) is 10.7. The lowest BCUT2D eigenvalue weighted by Crippen LogP contribution is -2.29. The van der Waals surface area contributed by atoms with Gasteiger partial charge in [0.25, 0.3) is 5.56 Å². The van der Waals surface area contributed by atoms with E-state index in [1.807, 2.05) is 17.9 Å². The Morgan fingerprint density at radius 1 is 1.23 bits per heavy atom. The number of carbonyl (C=O) groups is 1. The van der Waals surface area contributed by atoms with Crippen LogP contribution < -0.4 is 10.3 Å². The smallest absolute Gasteiger partial charge is 0.343 e. The average Bonchev–Trinajstić information content (AvgIpc) is 3.29. The first kappa shape index (κ1) is 20.7. The molecule has 8 nitrogen and oxygen atoms in total. The van der Waals surface area contributed by atoms with Crippen LogP contribution in [-0.4, -0.2) is 51.5 Å². The number of esters is 1. The number of pyridine rings is 1. The lowest BCUT2D eigenvalue weighted by atomic mass is 10.1. The number of hydrogen-bond acceptors (Lipinski definition) is 6. The predicted molar refractivity (Wildman–Crippen MR) is 112 cm³/mol. The molecule has 1 saturated carbocycles. The van der Waals surface area contributed by atoms with Crippen LogP contribution in [-0.2, 0) is 31.3 Å². The van der Waals surface area contributed by atoms with Crippen LogP contribution in [0.5, 0.6) is 5.75 Å². The third kappa shape index (κ3) is 4.01. The second-order valence-electron chi connectivity index (χ2n) is 8.24. The van der Waals surface area contributed by atoms with Gasteiger partial charge in [0.15, 0.2) is 0 Å². The maximum Gasteiger partial charge on any atom is 0.343 e. The third-order valence-electron chi connectivity index (χ3n) is 6.40. The molecule has 3 heterocycles. The van der Waals surface area contributed by atoms with E-state index in [1.165, 1.54) is 18.7 Å². The summed E-state index contributed by atoms with van der Waals surface area (Å²) in [6, 6.07) is 1.47. The fourth-order valence-corrected chi connectivity index (χ4v) is 4.49. The van der Waals surface area contributed by atoms with Crippen molar-refractivity contribution in [2.45, 2.75) is 58.2 Å². The molecule has 2 aliphatic rings. The summed E-state index contributed by atoms with van der Waals surface area (Å²) in [5.74, 6) is -0.0649. The van der Waals surface area contributed by atoms with Gasteiger partial charge in [-0.15, -0.1) is 0 Å². The van der Waals surface area contributed by atoms with E-state index in [0.717, 1.165) is 51.0 Å². The zero-order valence-corrected chi connectivity index (χ0v) is 18.0. The maximum atomic E-state index is 12.9. The number of rotatable bonds is 5. The van der Waals surface area contributed by atoms with E-state index in [4.69, 9.17) is 9.47 Å². The number of hydrogen-bond donors (Lipinski definition) is 0. The van der Waals surface area contributed by atoms with Crippen molar-refractivity contribution in [2.75, 3.05) is 20.2 Å². The van der Waals surface area contributed by atoms with E-state index in [9.17, 15) is 9.59 Å². The second-order valence-corrected chi connectivity index (χ2v) is 8.24. The van der Waals surface area contributed by atoms with Crippen molar-refractivity contribution >= 4 is 5.97 Å². The number of ether oxygens (including phenoxy) is 2. The van der Waals surface area contributed by atoms with E-state index in [2.05, 4.69) is 16.9 Å². The minimum absolute atomic E-state index is 0.0617. The molecule has 4 rings (SSSR count). The lowest BCUT2D eigenvalue weighted by Gasteiger charge is -2.20. The molecule has 0 amide bonds. The van der Waals surface area contributed by atoms with Crippen molar-refractivity contribution in [3.63, 3.8) is 0 Å². The minimum Gasteiger partial charge on any atom is -0.489 e. The largest absolute Gasteiger partial charge is 0.489 e. The highest BCUT2D eigenvalue weighted by Crippen LogP contribution is 2.29. The minimum atomic E-state index is -0.441. The molecule has 2 aromatic rings. The normalized spacial score (nSPS) is 17.6. The molecule has 0 atom stereocenters. The maximum absolute atomic E-state index is 12.9. The molecule has 1 fully saturated rings. The van der Waals surface area contributed by atoms with Gasteiger partial charge in [-0.05, 0) is 32.6 Å². The van der Waals surface area contributed by atoms with Crippen molar-refractivity contribution < 1.29 is 14.3 Å². The molecule has 0 N–H and O–H groups in total. The molecule has 0 saturated heterocycles. The topological polar surface area (TPSA) is 78.6 Å². The summed E-state index contributed by atoms with van der Waals surface area (Å²) in [7, 11) is 3.31. The van der Waals surface area contributed by atoms with Crippen molar-refractivity contribution in [1.82, 2.24) is 19.2 Å². The standard InChI is InChI=1S/C22H30N4O4/c1-15-16(13-23-24(15)2)14-25-9-8-18-21(22(28)29-3)19(30-17-6-4-5-7-17)12-20(27)26(18)11-10-25/h12-13,17H,4-11,14H2,1-3H3. The summed E-state index contributed by atoms with van der Waals surface area (Å²) >= 11 is 0. The Bertz CT molecular complexity index is 988. The Morgan fingerprint density at radius 3 is 2.67 bits per heavy atom. The number of methoxy groups -OCH3 is 1. The summed E-state index contributed by atoms with van der Waals surface area (Å²) in [5.41, 5.74) is 3.31. The molecule has 0 bridgehead atoms. The van der Waals surface area contributed by atoms with Gasteiger partial charge in [0.2, 0.25) is 0 Å². The van der Waals surface area contributed by atoms with Gasteiger partial charge in [-0.3, -0.25) is 14.4 Å². The van der Waals surface area contributed by atoms with Crippen LogP contribution in [0.3, 0.4) is 0 Å². The molecular formula is C22H30N4O4. The van der Waals surface area contributed by atoms with Crippen molar-refractivity contribution in [1.29, 1.82) is 0 Å². The second kappa shape index (κ2) is 8.63. The monoisotopic (exact) mass is 414 g/mol. The van der Waals surface area contributed by atoms with Gasteiger partial charge in [-0.25, -0.2) is 4.79 Å². The zero-order valence-electron chi connectivity index (χ0n) is 18.0. The number of fused-ring (bicyclic) bond motifs is 1. The van der Waals surface area contributed by atoms with Crippen LogP contribution >= 0.6 is 0 Å². The first-order valence-corrected chi connectivity index (χ1v) is 10.7. The van der Waals surface area contributed by atoms with Gasteiger partial charge in [0, 0.05) is 62.7 Å². The Labute approximate surface area is 176 Å². The Hall–Kier alpha value is -2.61. The van der Waals surface area contributed by atoms with Crippen LogP contribution in [0.25, 0.3) is 0 Å². The first-order chi connectivity index (χ1) is 14.5. The van der Waals surface area contributed by atoms with Crippen LogP contribution in [0.2, 0.25) is 0 Å². The number of aromatic nitrogens is 3. The van der Waals surface area contributed by atoms with Crippen LogP contribution in [0.1, 0.15) is 53.0 Å². The fourth-order valence-electron chi connectivity index (χ4n) is 4.49. The fraction of sp³-hybridized carbons (Fsp3) is 0.591. The Balaban J connectivity index is 1.63. The van der Waals surface area contributed by atoms with Gasteiger partial charge in [-0.1, -0.05) is 0 Å². The highest BCUT2D eigenvalue weighted by Gasteiger charge is 2.28. The van der Waals surface area contributed by atoms with Gasteiger partial charge in [-0.2, -0.15) is 5.10 Å². The van der Waals surface area contributed by atoms with Gasteiger partial charge in [0.1, 0.15) is 11.3 Å². The summed E-state index contributed by atoms with van der Waals surface area (Å²) in [4.78, 5) is 27.9. The van der Waals surface area contributed by atoms with E-state index < -0.39 is 5.97 Å². The molecule has 30 heavy (non-hydrogen) atoms. The molecule has 0 aromatic carbocycles.